The van der Waals surface area contributed by atoms with Crippen LogP contribution in [0.3, 0.4) is 0 Å². The van der Waals surface area contributed by atoms with Gasteiger partial charge in [-0.2, -0.15) is 5.10 Å². The van der Waals surface area contributed by atoms with Gasteiger partial charge in [-0.3, -0.25) is 9.48 Å². The fourth-order valence-electron chi connectivity index (χ4n) is 3.19. The predicted octanol–water partition coefficient (Wildman–Crippen LogP) is 3.21. The summed E-state index contributed by atoms with van der Waals surface area (Å²) >= 11 is 0. The molecule has 1 N–H and O–H groups in total. The van der Waals surface area contributed by atoms with Crippen LogP contribution < -0.4 is 10.1 Å². The van der Waals surface area contributed by atoms with Gasteiger partial charge in [0.25, 0.3) is 5.91 Å². The normalized spacial score (nSPS) is 17.2. The molecule has 0 aliphatic heterocycles. The zero-order valence-electron chi connectivity index (χ0n) is 14.6. The number of hydrogen-bond donors (Lipinski definition) is 1. The lowest BCUT2D eigenvalue weighted by atomic mass is 9.92. The molecule has 0 spiro atoms. The minimum absolute atomic E-state index is 0.0247. The molecule has 2 aromatic rings. The lowest BCUT2D eigenvalue weighted by Crippen LogP contribution is -2.35. The molecule has 0 radical (unpaired) electrons. The molecule has 1 aromatic heterocycles. The van der Waals surface area contributed by atoms with Crippen LogP contribution >= 0.6 is 0 Å². The van der Waals surface area contributed by atoms with Crippen LogP contribution in [0.4, 0.5) is 0 Å². The van der Waals surface area contributed by atoms with Crippen molar-refractivity contribution in [3.05, 3.63) is 47.8 Å². The number of nitrogens with one attached hydrogen (secondary N) is 1. The van der Waals surface area contributed by atoms with E-state index in [0.717, 1.165) is 24.8 Å². The Balaban J connectivity index is 1.65. The van der Waals surface area contributed by atoms with Crippen molar-refractivity contribution in [1.29, 1.82) is 0 Å². The van der Waals surface area contributed by atoms with Gasteiger partial charge in [-0.05, 0) is 52.2 Å². The Morgan fingerprint density at radius 3 is 2.79 bits per heavy atom. The molecule has 1 aliphatic rings. The van der Waals surface area contributed by atoms with Gasteiger partial charge < -0.3 is 10.1 Å². The topological polar surface area (TPSA) is 56.2 Å². The van der Waals surface area contributed by atoms with Crippen LogP contribution in [0.15, 0.2) is 36.5 Å². The Morgan fingerprint density at radius 1 is 1.33 bits per heavy atom. The highest BCUT2D eigenvalue weighted by Gasteiger charge is 2.28. The zero-order valence-corrected chi connectivity index (χ0v) is 14.6. The van der Waals surface area contributed by atoms with Gasteiger partial charge in [-0.15, -0.1) is 0 Å². The van der Waals surface area contributed by atoms with Gasteiger partial charge in [0.15, 0.2) is 6.61 Å². The molecule has 128 valence electrons. The molecule has 0 fully saturated rings. The van der Waals surface area contributed by atoms with Crippen molar-refractivity contribution < 1.29 is 9.53 Å². The SMILES string of the molecule is CC(C)(C)n1ncc2c1CCC[C@@H]2NC(=O)COc1ccccc1. The van der Waals surface area contributed by atoms with E-state index in [-0.39, 0.29) is 24.1 Å². The van der Waals surface area contributed by atoms with E-state index >= 15 is 0 Å². The molecule has 0 saturated heterocycles. The number of fused-ring (bicyclic) bond motifs is 1. The molecule has 1 atom stereocenters. The second-order valence-corrected chi connectivity index (χ2v) is 7.24. The summed E-state index contributed by atoms with van der Waals surface area (Å²) in [5.41, 5.74) is 2.34. The molecule has 1 heterocycles. The number of carbonyl (C=O) groups is 1. The van der Waals surface area contributed by atoms with Crippen molar-refractivity contribution in [2.45, 2.75) is 51.6 Å². The summed E-state index contributed by atoms with van der Waals surface area (Å²) in [5.74, 6) is 0.609. The molecule has 0 bridgehead atoms. The van der Waals surface area contributed by atoms with E-state index in [9.17, 15) is 4.79 Å². The third-order valence-electron chi connectivity index (χ3n) is 4.27. The monoisotopic (exact) mass is 327 g/mol. The van der Waals surface area contributed by atoms with E-state index in [1.54, 1.807) is 0 Å². The molecule has 1 aromatic carbocycles. The molecular weight excluding hydrogens is 302 g/mol. The molecule has 1 amide bonds. The van der Waals surface area contributed by atoms with E-state index in [0.29, 0.717) is 5.75 Å². The number of benzene rings is 1. The highest BCUT2D eigenvalue weighted by atomic mass is 16.5. The van der Waals surface area contributed by atoms with E-state index in [4.69, 9.17) is 4.74 Å². The maximum Gasteiger partial charge on any atom is 0.258 e. The summed E-state index contributed by atoms with van der Waals surface area (Å²) in [4.78, 5) is 12.2. The van der Waals surface area contributed by atoms with Crippen molar-refractivity contribution in [1.82, 2.24) is 15.1 Å². The van der Waals surface area contributed by atoms with Gasteiger partial charge in [0.1, 0.15) is 5.75 Å². The Labute approximate surface area is 143 Å². The molecule has 0 unspecified atom stereocenters. The van der Waals surface area contributed by atoms with Gasteiger partial charge in [-0.1, -0.05) is 18.2 Å². The van der Waals surface area contributed by atoms with Gasteiger partial charge >= 0.3 is 0 Å². The first-order chi connectivity index (χ1) is 11.4. The fraction of sp³-hybridized carbons (Fsp3) is 0.474. The van der Waals surface area contributed by atoms with E-state index in [1.165, 1.54) is 5.69 Å². The minimum Gasteiger partial charge on any atom is -0.484 e. The van der Waals surface area contributed by atoms with Gasteiger partial charge in [0, 0.05) is 11.3 Å². The fourth-order valence-corrected chi connectivity index (χ4v) is 3.19. The Morgan fingerprint density at radius 2 is 2.08 bits per heavy atom. The van der Waals surface area contributed by atoms with Gasteiger partial charge in [-0.25, -0.2) is 0 Å². The summed E-state index contributed by atoms with van der Waals surface area (Å²) in [6.07, 6.45) is 4.92. The number of hydrogen-bond acceptors (Lipinski definition) is 3. The van der Waals surface area contributed by atoms with Crippen LogP contribution in [-0.4, -0.2) is 22.3 Å². The summed E-state index contributed by atoms with van der Waals surface area (Å²) in [6.45, 7) is 6.48. The Bertz CT molecular complexity index is 701. The summed E-state index contributed by atoms with van der Waals surface area (Å²) in [5, 5.41) is 7.65. The third kappa shape index (κ3) is 3.61. The average molecular weight is 327 g/mol. The first-order valence-corrected chi connectivity index (χ1v) is 8.49. The number of amides is 1. The van der Waals surface area contributed by atoms with Crippen molar-refractivity contribution in [3.8, 4) is 5.75 Å². The quantitative estimate of drug-likeness (QED) is 0.938. The summed E-state index contributed by atoms with van der Waals surface area (Å²) in [6, 6.07) is 9.42. The van der Waals surface area contributed by atoms with E-state index in [2.05, 4.69) is 35.9 Å². The molecular formula is C19H25N3O2. The highest BCUT2D eigenvalue weighted by molar-refractivity contribution is 5.78. The zero-order chi connectivity index (χ0) is 17.2. The smallest absolute Gasteiger partial charge is 0.258 e. The number of ether oxygens (including phenoxy) is 1. The Hall–Kier alpha value is -2.30. The Kier molecular flexibility index (Phi) is 4.60. The highest BCUT2D eigenvalue weighted by Crippen LogP contribution is 2.32. The maximum absolute atomic E-state index is 12.2. The average Bonchev–Trinajstić information content (AvgIpc) is 2.99. The largest absolute Gasteiger partial charge is 0.484 e. The van der Waals surface area contributed by atoms with Crippen molar-refractivity contribution >= 4 is 5.91 Å². The van der Waals surface area contributed by atoms with Crippen molar-refractivity contribution in [3.63, 3.8) is 0 Å². The molecule has 5 nitrogen and oxygen atoms in total. The molecule has 5 heteroatoms. The van der Waals surface area contributed by atoms with Crippen LogP contribution in [-0.2, 0) is 16.8 Å². The number of para-hydroxylation sites is 1. The number of carbonyl (C=O) groups excluding carboxylic acids is 1. The summed E-state index contributed by atoms with van der Waals surface area (Å²) < 4.78 is 7.61. The van der Waals surface area contributed by atoms with Crippen molar-refractivity contribution in [2.24, 2.45) is 0 Å². The molecule has 0 saturated carbocycles. The van der Waals surface area contributed by atoms with Gasteiger partial charge in [0.05, 0.1) is 17.8 Å². The second kappa shape index (κ2) is 6.67. The lowest BCUT2D eigenvalue weighted by molar-refractivity contribution is -0.123. The molecule has 24 heavy (non-hydrogen) atoms. The summed E-state index contributed by atoms with van der Waals surface area (Å²) in [7, 11) is 0. The van der Waals surface area contributed by atoms with Crippen molar-refractivity contribution in [2.75, 3.05) is 6.61 Å². The van der Waals surface area contributed by atoms with Crippen LogP contribution in [0, 0.1) is 0 Å². The predicted molar refractivity (Wildman–Crippen MR) is 93.0 cm³/mol. The van der Waals surface area contributed by atoms with Crippen LogP contribution in [0.5, 0.6) is 5.75 Å². The second-order valence-electron chi connectivity index (χ2n) is 7.24. The first-order valence-electron chi connectivity index (χ1n) is 8.49. The molecule has 3 rings (SSSR count). The van der Waals surface area contributed by atoms with E-state index in [1.807, 2.05) is 36.5 Å². The third-order valence-corrected chi connectivity index (χ3v) is 4.27. The molecule has 1 aliphatic carbocycles. The maximum atomic E-state index is 12.2. The number of aromatic nitrogens is 2. The number of nitrogens with zero attached hydrogens (tertiary/aromatic N) is 2. The van der Waals surface area contributed by atoms with Crippen LogP contribution in [0.1, 0.15) is 50.9 Å². The van der Waals surface area contributed by atoms with Crippen LogP contribution in [0.25, 0.3) is 0 Å². The number of rotatable bonds is 4. The van der Waals surface area contributed by atoms with E-state index < -0.39 is 0 Å². The lowest BCUT2D eigenvalue weighted by Gasteiger charge is -2.28. The minimum atomic E-state index is -0.0970. The standard InChI is InChI=1S/C19H25N3O2/c1-19(2,3)22-17-11-7-10-16(15(17)12-20-22)21-18(23)13-24-14-8-5-4-6-9-14/h4-6,8-9,12,16H,7,10-11,13H2,1-3H3,(H,21,23)/t16-/m0/s1. The van der Waals surface area contributed by atoms with Crippen LogP contribution in [0.2, 0.25) is 0 Å². The van der Waals surface area contributed by atoms with Gasteiger partial charge in [0.2, 0.25) is 0 Å². The first kappa shape index (κ1) is 16.6.